The highest BCUT2D eigenvalue weighted by molar-refractivity contribution is 6.31. The Labute approximate surface area is 112 Å². The van der Waals surface area contributed by atoms with Crippen molar-refractivity contribution in [3.63, 3.8) is 0 Å². The van der Waals surface area contributed by atoms with Crippen molar-refractivity contribution in [2.24, 2.45) is 0 Å². The lowest BCUT2D eigenvalue weighted by molar-refractivity contribution is 0.792. The predicted octanol–water partition coefficient (Wildman–Crippen LogP) is 3.37. The van der Waals surface area contributed by atoms with E-state index in [4.69, 9.17) is 16.9 Å². The Morgan fingerprint density at radius 3 is 2.44 bits per heavy atom. The van der Waals surface area contributed by atoms with Gasteiger partial charge in [-0.05, 0) is 43.7 Å². The Hall–Kier alpha value is -1.92. The fraction of sp³-hybridized carbons (Fsp3) is 0.214. The van der Waals surface area contributed by atoms with Crippen LogP contribution in [0.15, 0.2) is 30.3 Å². The van der Waals surface area contributed by atoms with Crippen molar-refractivity contribution < 1.29 is 0 Å². The second-order valence-corrected chi connectivity index (χ2v) is 4.61. The van der Waals surface area contributed by atoms with Gasteiger partial charge in [-0.1, -0.05) is 17.7 Å². The Balaban J connectivity index is 2.14. The molecule has 0 fully saturated rings. The Kier molecular flexibility index (Phi) is 3.59. The van der Waals surface area contributed by atoms with Crippen molar-refractivity contribution in [3.05, 3.63) is 57.9 Å². The molecule has 0 aliphatic heterocycles. The van der Waals surface area contributed by atoms with E-state index in [-0.39, 0.29) is 0 Å². The molecule has 2 aromatic rings. The van der Waals surface area contributed by atoms with Crippen LogP contribution in [0.4, 0.5) is 0 Å². The number of nitrogens with one attached hydrogen (secondary N) is 1. The molecular formula is C14H14ClN3. The van der Waals surface area contributed by atoms with Crippen LogP contribution in [0.3, 0.4) is 0 Å². The molecule has 0 atom stereocenters. The van der Waals surface area contributed by atoms with Crippen molar-refractivity contribution in [1.29, 1.82) is 5.26 Å². The average molecular weight is 260 g/mol. The number of benzene rings is 1. The van der Waals surface area contributed by atoms with E-state index in [0.29, 0.717) is 17.1 Å². The number of nitrogens with zero attached hydrogens (tertiary/aromatic N) is 2. The third-order valence-electron chi connectivity index (χ3n) is 2.88. The van der Waals surface area contributed by atoms with Gasteiger partial charge in [0.2, 0.25) is 0 Å². The van der Waals surface area contributed by atoms with E-state index in [2.05, 4.69) is 23.6 Å². The van der Waals surface area contributed by atoms with Crippen LogP contribution < -0.4 is 5.43 Å². The summed E-state index contributed by atoms with van der Waals surface area (Å²) < 4.78 is 2.02. The molecule has 2 rings (SSSR count). The maximum atomic E-state index is 8.78. The number of aromatic nitrogens is 1. The Morgan fingerprint density at radius 1 is 1.22 bits per heavy atom. The van der Waals surface area contributed by atoms with Gasteiger partial charge in [-0.2, -0.15) is 5.26 Å². The summed E-state index contributed by atoms with van der Waals surface area (Å²) in [5.74, 6) is 0. The van der Waals surface area contributed by atoms with Gasteiger partial charge in [0, 0.05) is 16.4 Å². The molecule has 18 heavy (non-hydrogen) atoms. The minimum Gasteiger partial charge on any atom is -0.321 e. The first kappa shape index (κ1) is 12.5. The Bertz CT molecular complexity index is 588. The van der Waals surface area contributed by atoms with Crippen LogP contribution in [-0.2, 0) is 6.54 Å². The van der Waals surface area contributed by atoms with Crippen molar-refractivity contribution in [3.8, 4) is 6.07 Å². The molecule has 0 unspecified atom stereocenters. The van der Waals surface area contributed by atoms with Crippen molar-refractivity contribution in [2.75, 3.05) is 5.43 Å². The quantitative estimate of drug-likeness (QED) is 0.918. The van der Waals surface area contributed by atoms with Gasteiger partial charge in [-0.3, -0.25) is 4.68 Å². The monoisotopic (exact) mass is 259 g/mol. The Morgan fingerprint density at radius 2 is 1.89 bits per heavy atom. The molecule has 92 valence electrons. The average Bonchev–Trinajstić information content (AvgIpc) is 2.68. The number of halogens is 1. The standard InChI is InChI=1S/C14H14ClN3/c1-10-3-4-11(2)18(10)17-9-13-6-5-12(8-16)7-14(13)15/h3-7,17H,9H2,1-2H3. The lowest BCUT2D eigenvalue weighted by atomic mass is 10.1. The van der Waals surface area contributed by atoms with Gasteiger partial charge in [-0.25, -0.2) is 0 Å². The fourth-order valence-electron chi connectivity index (χ4n) is 1.84. The van der Waals surface area contributed by atoms with Gasteiger partial charge >= 0.3 is 0 Å². The van der Waals surface area contributed by atoms with Gasteiger partial charge in [-0.15, -0.1) is 0 Å². The maximum absolute atomic E-state index is 8.78. The molecule has 4 heteroatoms. The summed E-state index contributed by atoms with van der Waals surface area (Å²) in [7, 11) is 0. The fourth-order valence-corrected chi connectivity index (χ4v) is 2.09. The molecule has 0 radical (unpaired) electrons. The van der Waals surface area contributed by atoms with Gasteiger partial charge in [0.15, 0.2) is 0 Å². The largest absolute Gasteiger partial charge is 0.321 e. The number of hydrogen-bond acceptors (Lipinski definition) is 2. The molecule has 0 amide bonds. The van der Waals surface area contributed by atoms with E-state index < -0.39 is 0 Å². The third kappa shape index (κ3) is 2.49. The lowest BCUT2D eigenvalue weighted by Gasteiger charge is -2.13. The van der Waals surface area contributed by atoms with Gasteiger partial charge in [0.1, 0.15) is 0 Å². The zero-order valence-electron chi connectivity index (χ0n) is 10.4. The van der Waals surface area contributed by atoms with E-state index in [1.165, 1.54) is 0 Å². The molecule has 1 aromatic carbocycles. The molecule has 0 bridgehead atoms. The van der Waals surface area contributed by atoms with Gasteiger partial charge in [0.25, 0.3) is 0 Å². The smallest absolute Gasteiger partial charge is 0.0992 e. The predicted molar refractivity (Wildman–Crippen MR) is 73.1 cm³/mol. The topological polar surface area (TPSA) is 40.8 Å². The molecule has 0 saturated heterocycles. The molecule has 0 aliphatic rings. The molecular weight excluding hydrogens is 246 g/mol. The van der Waals surface area contributed by atoms with Crippen molar-refractivity contribution in [2.45, 2.75) is 20.4 Å². The second kappa shape index (κ2) is 5.16. The van der Waals surface area contributed by atoms with E-state index in [1.54, 1.807) is 12.1 Å². The molecule has 0 aliphatic carbocycles. The van der Waals surface area contributed by atoms with Crippen LogP contribution in [-0.4, -0.2) is 4.68 Å². The van der Waals surface area contributed by atoms with Crippen LogP contribution >= 0.6 is 11.6 Å². The molecule has 1 N–H and O–H groups in total. The summed E-state index contributed by atoms with van der Waals surface area (Å²) in [5, 5.41) is 9.39. The first-order chi connectivity index (χ1) is 8.61. The number of hydrogen-bond donors (Lipinski definition) is 1. The van der Waals surface area contributed by atoms with Crippen molar-refractivity contribution in [1.82, 2.24) is 4.68 Å². The van der Waals surface area contributed by atoms with Crippen LogP contribution in [0.1, 0.15) is 22.5 Å². The van der Waals surface area contributed by atoms with Crippen molar-refractivity contribution >= 4 is 11.6 Å². The van der Waals surface area contributed by atoms with Crippen LogP contribution in [0.25, 0.3) is 0 Å². The number of aryl methyl sites for hydroxylation is 2. The first-order valence-electron chi connectivity index (χ1n) is 5.69. The summed E-state index contributed by atoms with van der Waals surface area (Å²) in [4.78, 5) is 0. The molecule has 3 nitrogen and oxygen atoms in total. The van der Waals surface area contributed by atoms with E-state index in [0.717, 1.165) is 17.0 Å². The van der Waals surface area contributed by atoms with Gasteiger partial charge < -0.3 is 5.43 Å². The minimum absolute atomic E-state index is 0.581. The summed E-state index contributed by atoms with van der Waals surface area (Å²) in [6, 6.07) is 11.5. The van der Waals surface area contributed by atoms with Crippen LogP contribution in [0, 0.1) is 25.2 Å². The number of rotatable bonds is 3. The van der Waals surface area contributed by atoms with Gasteiger partial charge in [0.05, 0.1) is 18.2 Å². The summed E-state index contributed by atoms with van der Waals surface area (Å²) in [5.41, 5.74) is 7.16. The molecule has 1 aromatic heterocycles. The first-order valence-corrected chi connectivity index (χ1v) is 6.07. The normalized spacial score (nSPS) is 10.1. The van der Waals surface area contributed by atoms with Crippen LogP contribution in [0.2, 0.25) is 5.02 Å². The summed E-state index contributed by atoms with van der Waals surface area (Å²) in [6.45, 7) is 4.71. The second-order valence-electron chi connectivity index (χ2n) is 4.20. The number of nitriles is 1. The van der Waals surface area contributed by atoms with E-state index in [9.17, 15) is 0 Å². The summed E-state index contributed by atoms with van der Waals surface area (Å²) >= 11 is 6.13. The highest BCUT2D eigenvalue weighted by Gasteiger charge is 2.04. The SMILES string of the molecule is Cc1ccc(C)n1NCc1ccc(C#N)cc1Cl. The third-order valence-corrected chi connectivity index (χ3v) is 3.23. The maximum Gasteiger partial charge on any atom is 0.0992 e. The molecule has 0 spiro atoms. The molecule has 1 heterocycles. The highest BCUT2D eigenvalue weighted by Crippen LogP contribution is 2.18. The highest BCUT2D eigenvalue weighted by atomic mass is 35.5. The molecule has 0 saturated carbocycles. The van der Waals surface area contributed by atoms with E-state index >= 15 is 0 Å². The minimum atomic E-state index is 0.581. The van der Waals surface area contributed by atoms with E-state index in [1.807, 2.05) is 24.6 Å². The summed E-state index contributed by atoms with van der Waals surface area (Å²) in [6.07, 6.45) is 0. The zero-order chi connectivity index (χ0) is 13.1. The van der Waals surface area contributed by atoms with Crippen LogP contribution in [0.5, 0.6) is 0 Å². The zero-order valence-corrected chi connectivity index (χ0v) is 11.1. The lowest BCUT2D eigenvalue weighted by Crippen LogP contribution is -2.17.